The normalized spacial score (nSPS) is 17.9. The Bertz CT molecular complexity index is 427. The summed E-state index contributed by atoms with van der Waals surface area (Å²) in [7, 11) is 4.50. The molecular weight excluding hydrogens is 212 g/mol. The molecule has 1 aliphatic rings. The molecular formula is C11H12O5. The molecule has 0 saturated heterocycles. The van der Waals surface area contributed by atoms with E-state index in [2.05, 4.69) is 0 Å². The van der Waals surface area contributed by atoms with E-state index in [0.717, 1.165) is 0 Å². The molecule has 1 heterocycles. The topological polar surface area (TPSA) is 54.0 Å². The molecule has 1 aromatic carbocycles. The molecule has 0 spiro atoms. The first-order valence-electron chi connectivity index (χ1n) is 4.71. The van der Waals surface area contributed by atoms with Crippen LogP contribution in [0.25, 0.3) is 0 Å². The fourth-order valence-electron chi connectivity index (χ4n) is 1.75. The Labute approximate surface area is 92.9 Å². The van der Waals surface area contributed by atoms with E-state index >= 15 is 0 Å². The van der Waals surface area contributed by atoms with Gasteiger partial charge < -0.3 is 18.9 Å². The highest BCUT2D eigenvalue weighted by molar-refractivity contribution is 5.95. The van der Waals surface area contributed by atoms with Gasteiger partial charge in [0.25, 0.3) is 0 Å². The third-order valence-corrected chi connectivity index (χ3v) is 2.47. The van der Waals surface area contributed by atoms with Crippen molar-refractivity contribution in [2.24, 2.45) is 0 Å². The quantitative estimate of drug-likeness (QED) is 0.728. The summed E-state index contributed by atoms with van der Waals surface area (Å²) in [5.74, 6) is 0.599. The number of rotatable bonds is 3. The molecule has 1 aliphatic heterocycles. The van der Waals surface area contributed by atoms with Gasteiger partial charge in [-0.2, -0.15) is 0 Å². The van der Waals surface area contributed by atoms with Gasteiger partial charge in [0.15, 0.2) is 11.5 Å². The molecule has 1 unspecified atom stereocenters. The van der Waals surface area contributed by atoms with Crippen molar-refractivity contribution in [1.29, 1.82) is 0 Å². The minimum absolute atomic E-state index is 0.414. The van der Waals surface area contributed by atoms with Crippen molar-refractivity contribution in [2.45, 2.75) is 6.29 Å². The number of cyclic esters (lactones) is 1. The van der Waals surface area contributed by atoms with E-state index in [1.165, 1.54) is 21.3 Å². The maximum atomic E-state index is 11.5. The second-order valence-corrected chi connectivity index (χ2v) is 3.24. The molecule has 0 bridgehead atoms. The van der Waals surface area contributed by atoms with Gasteiger partial charge in [0.1, 0.15) is 0 Å². The lowest BCUT2D eigenvalue weighted by atomic mass is 10.1. The summed E-state index contributed by atoms with van der Waals surface area (Å²) in [5.41, 5.74) is 1.03. The maximum absolute atomic E-state index is 11.5. The van der Waals surface area contributed by atoms with Gasteiger partial charge in [0, 0.05) is 7.11 Å². The maximum Gasteiger partial charge on any atom is 0.341 e. The van der Waals surface area contributed by atoms with Crippen LogP contribution in [-0.4, -0.2) is 27.3 Å². The summed E-state index contributed by atoms with van der Waals surface area (Å²) in [4.78, 5) is 11.5. The summed E-state index contributed by atoms with van der Waals surface area (Å²) in [6.45, 7) is 0. The first-order valence-corrected chi connectivity index (χ1v) is 4.71. The van der Waals surface area contributed by atoms with Gasteiger partial charge in [-0.1, -0.05) is 0 Å². The number of carbonyl (C=O) groups excluding carboxylic acids is 1. The van der Waals surface area contributed by atoms with Crippen molar-refractivity contribution in [3.05, 3.63) is 23.3 Å². The third kappa shape index (κ3) is 1.40. The van der Waals surface area contributed by atoms with Crippen molar-refractivity contribution in [3.63, 3.8) is 0 Å². The molecule has 0 radical (unpaired) electrons. The number of esters is 1. The highest BCUT2D eigenvalue weighted by Crippen LogP contribution is 2.43. The van der Waals surface area contributed by atoms with Gasteiger partial charge >= 0.3 is 5.97 Å². The molecule has 86 valence electrons. The number of ether oxygens (including phenoxy) is 4. The molecule has 5 heteroatoms. The number of hydrogen-bond donors (Lipinski definition) is 0. The highest BCUT2D eigenvalue weighted by atomic mass is 16.7. The largest absolute Gasteiger partial charge is 0.493 e. The van der Waals surface area contributed by atoms with Crippen LogP contribution in [0.3, 0.4) is 0 Å². The molecule has 2 rings (SSSR count). The number of carbonyl (C=O) groups is 1. The zero-order valence-electron chi connectivity index (χ0n) is 9.27. The first-order chi connectivity index (χ1) is 7.72. The Hall–Kier alpha value is -1.75. The summed E-state index contributed by atoms with van der Waals surface area (Å²) < 4.78 is 20.5. The Morgan fingerprint density at radius 3 is 2.50 bits per heavy atom. The van der Waals surface area contributed by atoms with Gasteiger partial charge in [-0.3, -0.25) is 0 Å². The summed E-state index contributed by atoms with van der Waals surface area (Å²) in [6.07, 6.45) is -0.729. The van der Waals surface area contributed by atoms with Crippen molar-refractivity contribution in [3.8, 4) is 11.5 Å². The van der Waals surface area contributed by atoms with Crippen LogP contribution in [0, 0.1) is 0 Å². The predicted octanol–water partition coefficient (Wildman–Crippen LogP) is 1.52. The van der Waals surface area contributed by atoms with Crippen LogP contribution in [0.15, 0.2) is 12.1 Å². The zero-order valence-corrected chi connectivity index (χ0v) is 9.27. The first kappa shape index (κ1) is 10.8. The monoisotopic (exact) mass is 224 g/mol. The number of hydrogen-bond acceptors (Lipinski definition) is 5. The number of fused-ring (bicyclic) bond motifs is 1. The number of benzene rings is 1. The summed E-state index contributed by atoms with van der Waals surface area (Å²) in [5, 5.41) is 0. The smallest absolute Gasteiger partial charge is 0.341 e. The predicted molar refractivity (Wildman–Crippen MR) is 54.7 cm³/mol. The minimum Gasteiger partial charge on any atom is -0.493 e. The van der Waals surface area contributed by atoms with E-state index in [4.69, 9.17) is 18.9 Å². The van der Waals surface area contributed by atoms with E-state index in [1.54, 1.807) is 12.1 Å². The Kier molecular flexibility index (Phi) is 2.70. The molecule has 0 aliphatic carbocycles. The molecule has 5 nitrogen and oxygen atoms in total. The SMILES string of the molecule is COc1ccc2c(c1OC)C(OC)OC2=O. The Morgan fingerprint density at radius 2 is 1.94 bits per heavy atom. The molecule has 0 aromatic heterocycles. The zero-order chi connectivity index (χ0) is 11.7. The van der Waals surface area contributed by atoms with Crippen molar-refractivity contribution < 1.29 is 23.7 Å². The lowest BCUT2D eigenvalue weighted by Gasteiger charge is -2.14. The molecule has 0 saturated carbocycles. The van der Waals surface area contributed by atoms with Crippen LogP contribution in [0.2, 0.25) is 0 Å². The Morgan fingerprint density at radius 1 is 1.19 bits per heavy atom. The fourth-order valence-corrected chi connectivity index (χ4v) is 1.75. The van der Waals surface area contributed by atoms with E-state index in [9.17, 15) is 4.79 Å². The van der Waals surface area contributed by atoms with Crippen LogP contribution in [0.5, 0.6) is 11.5 Å². The average molecular weight is 224 g/mol. The van der Waals surface area contributed by atoms with E-state index in [-0.39, 0.29) is 0 Å². The van der Waals surface area contributed by atoms with Crippen LogP contribution in [0.4, 0.5) is 0 Å². The van der Waals surface area contributed by atoms with Gasteiger partial charge in [-0.05, 0) is 12.1 Å². The molecule has 0 amide bonds. The van der Waals surface area contributed by atoms with E-state index < -0.39 is 12.3 Å². The fraction of sp³-hybridized carbons (Fsp3) is 0.364. The summed E-state index contributed by atoms with van der Waals surface area (Å²) in [6, 6.07) is 3.30. The van der Waals surface area contributed by atoms with Crippen molar-refractivity contribution in [1.82, 2.24) is 0 Å². The summed E-state index contributed by atoms with van der Waals surface area (Å²) >= 11 is 0. The van der Waals surface area contributed by atoms with Crippen LogP contribution < -0.4 is 9.47 Å². The second-order valence-electron chi connectivity index (χ2n) is 3.24. The molecule has 1 aromatic rings. The molecule has 1 atom stereocenters. The van der Waals surface area contributed by atoms with Gasteiger partial charge in [-0.15, -0.1) is 0 Å². The van der Waals surface area contributed by atoms with E-state index in [0.29, 0.717) is 22.6 Å². The second kappa shape index (κ2) is 4.02. The lowest BCUT2D eigenvalue weighted by molar-refractivity contribution is -0.0824. The average Bonchev–Trinajstić information content (AvgIpc) is 2.65. The van der Waals surface area contributed by atoms with E-state index in [1.807, 2.05) is 0 Å². The Balaban J connectivity index is 2.62. The molecule has 0 fully saturated rings. The third-order valence-electron chi connectivity index (χ3n) is 2.47. The lowest BCUT2D eigenvalue weighted by Crippen LogP contribution is -2.02. The minimum atomic E-state index is -0.729. The standard InChI is InChI=1S/C11H12O5/c1-13-7-5-4-6-8(9(7)14-2)11(15-3)16-10(6)12/h4-5,11H,1-3H3. The number of methoxy groups -OCH3 is 3. The molecule has 16 heavy (non-hydrogen) atoms. The van der Waals surface area contributed by atoms with Crippen LogP contribution in [-0.2, 0) is 9.47 Å². The van der Waals surface area contributed by atoms with Gasteiger partial charge in [-0.25, -0.2) is 4.79 Å². The van der Waals surface area contributed by atoms with Crippen molar-refractivity contribution in [2.75, 3.05) is 21.3 Å². The van der Waals surface area contributed by atoms with Gasteiger partial charge in [0.2, 0.25) is 6.29 Å². The highest BCUT2D eigenvalue weighted by Gasteiger charge is 2.35. The van der Waals surface area contributed by atoms with Gasteiger partial charge in [0.05, 0.1) is 25.3 Å². The van der Waals surface area contributed by atoms with Crippen molar-refractivity contribution >= 4 is 5.97 Å². The van der Waals surface area contributed by atoms with Crippen LogP contribution in [0.1, 0.15) is 22.2 Å². The molecule has 0 N–H and O–H groups in total. The van der Waals surface area contributed by atoms with Crippen LogP contribution >= 0.6 is 0 Å².